The second-order valence-electron chi connectivity index (χ2n) is 5.45. The van der Waals surface area contributed by atoms with Crippen LogP contribution in [0.1, 0.15) is 18.9 Å². The van der Waals surface area contributed by atoms with Crippen molar-refractivity contribution < 1.29 is 17.6 Å². The van der Waals surface area contributed by atoms with Gasteiger partial charge in [0.2, 0.25) is 0 Å². The van der Waals surface area contributed by atoms with Crippen molar-refractivity contribution in [2.75, 3.05) is 0 Å². The van der Waals surface area contributed by atoms with Gasteiger partial charge in [0.15, 0.2) is 23.3 Å². The quantitative estimate of drug-likeness (QED) is 0.442. The molecule has 118 valence electrons. The molecule has 0 bridgehead atoms. The van der Waals surface area contributed by atoms with Crippen molar-refractivity contribution in [1.82, 2.24) is 0 Å². The van der Waals surface area contributed by atoms with Crippen LogP contribution in [0.4, 0.5) is 17.6 Å². The second kappa shape index (κ2) is 7.53. The molecular formula is C17H16B2F4. The van der Waals surface area contributed by atoms with Gasteiger partial charge in [0.25, 0.3) is 0 Å². The van der Waals surface area contributed by atoms with E-state index >= 15 is 0 Å². The van der Waals surface area contributed by atoms with Crippen molar-refractivity contribution in [1.29, 1.82) is 0 Å². The molecule has 0 nitrogen and oxygen atoms in total. The molecule has 0 heterocycles. The Morgan fingerprint density at radius 1 is 1.13 bits per heavy atom. The van der Waals surface area contributed by atoms with Gasteiger partial charge in [0.1, 0.15) is 14.3 Å². The number of hydrogen-bond acceptors (Lipinski definition) is 0. The highest BCUT2D eigenvalue weighted by Crippen LogP contribution is 2.22. The number of rotatable bonds is 5. The lowest BCUT2D eigenvalue weighted by molar-refractivity contribution is 0.460. The van der Waals surface area contributed by atoms with Gasteiger partial charge in [0, 0.05) is 0 Å². The molecular weight excluding hydrogens is 302 g/mol. The van der Waals surface area contributed by atoms with Crippen molar-refractivity contribution in [3.8, 4) is 0 Å². The minimum atomic E-state index is -1.39. The molecule has 6 heteroatoms. The first-order chi connectivity index (χ1) is 11.0. The highest BCUT2D eigenvalue weighted by Gasteiger charge is 2.24. The van der Waals surface area contributed by atoms with Crippen molar-refractivity contribution in [3.63, 3.8) is 0 Å². The summed E-state index contributed by atoms with van der Waals surface area (Å²) >= 11 is 0. The summed E-state index contributed by atoms with van der Waals surface area (Å²) in [7, 11) is 0.348. The fourth-order valence-corrected chi connectivity index (χ4v) is 2.63. The Balaban J connectivity index is 2.14. The van der Waals surface area contributed by atoms with Crippen LogP contribution >= 0.6 is 0 Å². The second-order valence-corrected chi connectivity index (χ2v) is 5.45. The molecule has 1 aliphatic carbocycles. The van der Waals surface area contributed by atoms with E-state index in [9.17, 15) is 17.6 Å². The maximum Gasteiger partial charge on any atom is 0.168 e. The Kier molecular flexibility index (Phi) is 5.69. The molecule has 23 heavy (non-hydrogen) atoms. The Bertz CT molecular complexity index is 676. The maximum absolute atomic E-state index is 13.9. The standard InChI is InChI=1S/C17H16B2F4/c1-3-5-10-6-8-11(9-7-10)18-19-13-16(22)14(20)12(4-2)15(21)17(13)23/h3-8,11,18-19H,2,9H2,1H3/b5-3+. The van der Waals surface area contributed by atoms with Crippen LogP contribution in [0.2, 0.25) is 5.82 Å². The molecule has 0 aromatic heterocycles. The van der Waals surface area contributed by atoms with Crippen molar-refractivity contribution in [3.05, 3.63) is 71.4 Å². The average Bonchev–Trinajstić information content (AvgIpc) is 2.55. The third-order valence-electron chi connectivity index (χ3n) is 3.93. The summed E-state index contributed by atoms with van der Waals surface area (Å²) < 4.78 is 55.3. The van der Waals surface area contributed by atoms with Gasteiger partial charge in [-0.3, -0.25) is 0 Å². The van der Waals surface area contributed by atoms with E-state index in [1.54, 1.807) is 0 Å². The van der Waals surface area contributed by atoms with Gasteiger partial charge in [-0.15, -0.1) is 0 Å². The zero-order valence-electron chi connectivity index (χ0n) is 12.9. The van der Waals surface area contributed by atoms with Gasteiger partial charge >= 0.3 is 0 Å². The van der Waals surface area contributed by atoms with Crippen LogP contribution in [0, 0.1) is 23.3 Å². The van der Waals surface area contributed by atoms with Crippen molar-refractivity contribution in [2.24, 2.45) is 0 Å². The summed E-state index contributed by atoms with van der Waals surface area (Å²) in [5.74, 6) is -5.34. The van der Waals surface area contributed by atoms with Gasteiger partial charge in [-0.2, -0.15) is 0 Å². The van der Waals surface area contributed by atoms with E-state index < -0.39 is 34.3 Å². The lowest BCUT2D eigenvalue weighted by atomic mass is 9.31. The summed E-state index contributed by atoms with van der Waals surface area (Å²) in [6, 6.07) is 0. The van der Waals surface area contributed by atoms with Crippen LogP contribution in [0.15, 0.2) is 42.5 Å². The molecule has 1 aromatic rings. The molecule has 2 rings (SSSR count). The van der Waals surface area contributed by atoms with Crippen LogP contribution in [0.3, 0.4) is 0 Å². The minimum Gasteiger partial charge on any atom is -0.204 e. The zero-order valence-corrected chi connectivity index (χ0v) is 12.9. The van der Waals surface area contributed by atoms with Crippen molar-refractivity contribution in [2.45, 2.75) is 19.2 Å². The maximum atomic E-state index is 13.9. The summed E-state index contributed by atoms with van der Waals surface area (Å²) in [6.45, 7) is 5.09. The number of halogens is 4. The topological polar surface area (TPSA) is 0 Å². The number of benzene rings is 1. The van der Waals surface area contributed by atoms with Crippen LogP contribution in [-0.4, -0.2) is 14.3 Å². The molecule has 1 unspecified atom stereocenters. The highest BCUT2D eigenvalue weighted by molar-refractivity contribution is 7.08. The molecule has 0 fully saturated rings. The normalized spacial score (nSPS) is 17.3. The Morgan fingerprint density at radius 3 is 2.26 bits per heavy atom. The average molecular weight is 318 g/mol. The summed E-state index contributed by atoms with van der Waals surface area (Å²) in [5, 5.41) is 0. The summed E-state index contributed by atoms with van der Waals surface area (Å²) in [4.78, 5) is 0. The molecule has 0 spiro atoms. The zero-order chi connectivity index (χ0) is 17.0. The summed E-state index contributed by atoms with van der Waals surface area (Å²) in [6.07, 6.45) is 11.3. The van der Waals surface area contributed by atoms with E-state index in [-0.39, 0.29) is 13.0 Å². The SMILES string of the molecule is C=Cc1c(F)c(F)c(BBC2C=CC(/C=C/C)=CC2)c(F)c1F. The van der Waals surface area contributed by atoms with Gasteiger partial charge in [-0.1, -0.05) is 48.9 Å². The molecule has 1 aliphatic rings. The largest absolute Gasteiger partial charge is 0.204 e. The molecule has 0 saturated heterocycles. The summed E-state index contributed by atoms with van der Waals surface area (Å²) in [5.41, 5.74) is -0.226. The first kappa shape index (κ1) is 17.4. The highest BCUT2D eigenvalue weighted by atomic mass is 19.2. The lowest BCUT2D eigenvalue weighted by Gasteiger charge is -2.14. The monoisotopic (exact) mass is 318 g/mol. The Labute approximate surface area is 134 Å². The van der Waals surface area contributed by atoms with Crippen LogP contribution < -0.4 is 5.46 Å². The molecule has 1 atom stereocenters. The molecule has 1 aromatic carbocycles. The smallest absolute Gasteiger partial charge is 0.168 e. The predicted octanol–water partition coefficient (Wildman–Crippen LogP) is 3.55. The van der Waals surface area contributed by atoms with Crippen LogP contribution in [0.5, 0.6) is 0 Å². The number of allylic oxidation sites excluding steroid dienone is 6. The van der Waals surface area contributed by atoms with Crippen molar-refractivity contribution >= 4 is 25.9 Å². The molecule has 0 amide bonds. The van der Waals surface area contributed by atoms with Gasteiger partial charge in [0.05, 0.1) is 5.56 Å². The van der Waals surface area contributed by atoms with Crippen LogP contribution in [-0.2, 0) is 0 Å². The fourth-order valence-electron chi connectivity index (χ4n) is 2.63. The van der Waals surface area contributed by atoms with E-state index in [0.717, 1.165) is 18.1 Å². The molecule has 0 radical (unpaired) electrons. The van der Waals surface area contributed by atoms with Gasteiger partial charge in [-0.05, 0) is 24.4 Å². The Hall–Kier alpha value is -1.97. The molecule has 0 N–H and O–H groups in total. The minimum absolute atomic E-state index is 0.0648. The van der Waals surface area contributed by atoms with Gasteiger partial charge in [-0.25, -0.2) is 17.6 Å². The van der Waals surface area contributed by atoms with E-state index in [1.165, 1.54) is 0 Å². The van der Waals surface area contributed by atoms with E-state index in [4.69, 9.17) is 0 Å². The fraction of sp³-hybridized carbons (Fsp3) is 0.176. The predicted molar refractivity (Wildman–Crippen MR) is 90.7 cm³/mol. The van der Waals surface area contributed by atoms with Gasteiger partial charge < -0.3 is 0 Å². The first-order valence-corrected chi connectivity index (χ1v) is 7.47. The Morgan fingerprint density at radius 2 is 1.78 bits per heavy atom. The van der Waals surface area contributed by atoms with Crippen LogP contribution in [0.25, 0.3) is 6.08 Å². The molecule has 0 saturated carbocycles. The molecule has 0 aliphatic heterocycles. The van der Waals surface area contributed by atoms with E-state index in [0.29, 0.717) is 7.17 Å². The van der Waals surface area contributed by atoms with E-state index in [2.05, 4.69) is 6.58 Å². The first-order valence-electron chi connectivity index (χ1n) is 7.47. The third-order valence-corrected chi connectivity index (χ3v) is 3.93. The lowest BCUT2D eigenvalue weighted by Crippen LogP contribution is -2.32. The third kappa shape index (κ3) is 3.69. The number of hydrogen-bond donors (Lipinski definition) is 0. The van der Waals surface area contributed by atoms with E-state index in [1.807, 2.05) is 37.3 Å².